The monoisotopic (exact) mass is 245 g/mol. The van der Waals surface area contributed by atoms with Crippen LogP contribution < -0.4 is 11.1 Å². The molecule has 3 N–H and O–H groups in total. The van der Waals surface area contributed by atoms with Crippen molar-refractivity contribution >= 4 is 11.6 Å². The number of benzene rings is 1. The summed E-state index contributed by atoms with van der Waals surface area (Å²) >= 11 is 0. The van der Waals surface area contributed by atoms with Gasteiger partial charge < -0.3 is 15.6 Å². The van der Waals surface area contributed by atoms with Gasteiger partial charge in [-0.05, 0) is 30.7 Å². The van der Waals surface area contributed by atoms with Crippen LogP contribution in [0.25, 0.3) is 0 Å². The van der Waals surface area contributed by atoms with Gasteiger partial charge in [0.2, 0.25) is 0 Å². The van der Waals surface area contributed by atoms with Crippen molar-refractivity contribution in [3.8, 4) is 0 Å². The van der Waals surface area contributed by atoms with E-state index in [1.54, 1.807) is 29.1 Å². The van der Waals surface area contributed by atoms with Gasteiger partial charge in [0.25, 0.3) is 5.91 Å². The maximum absolute atomic E-state index is 11.9. The summed E-state index contributed by atoms with van der Waals surface area (Å²) in [5.41, 5.74) is 7.86. The van der Waals surface area contributed by atoms with Gasteiger partial charge in [0, 0.05) is 18.3 Å². The molecule has 0 unspecified atom stereocenters. The lowest BCUT2D eigenvalue weighted by molar-refractivity contribution is 0.0949. The summed E-state index contributed by atoms with van der Waals surface area (Å²) in [6.45, 7) is 2.22. The quantitative estimate of drug-likeness (QED) is 0.777. The van der Waals surface area contributed by atoms with E-state index in [0.717, 1.165) is 5.56 Å². The Labute approximate surface area is 105 Å². The predicted molar refractivity (Wildman–Crippen MR) is 67.8 cm³/mol. The lowest BCUT2D eigenvalue weighted by Gasteiger charge is -2.06. The van der Waals surface area contributed by atoms with E-state index in [9.17, 15) is 4.79 Å². The molecule has 18 heavy (non-hydrogen) atoms. The number of amides is 1. The first kappa shape index (κ1) is 12.1. The van der Waals surface area contributed by atoms with E-state index >= 15 is 0 Å². The number of carbonyl (C=O) groups excluding carboxylic acids is 1. The standard InChI is InChI=1S/C12H15N5O/c1-8-5-9(3-4-10(8)13)12(18)14-6-11-16-15-7-17(11)2/h3-5,7H,6,13H2,1-2H3,(H,14,18). The van der Waals surface area contributed by atoms with Gasteiger partial charge in [0.15, 0.2) is 5.82 Å². The van der Waals surface area contributed by atoms with Crippen molar-refractivity contribution < 1.29 is 4.79 Å². The Balaban J connectivity index is 2.04. The van der Waals surface area contributed by atoms with Crippen LogP contribution >= 0.6 is 0 Å². The van der Waals surface area contributed by atoms with Crippen LogP contribution in [-0.2, 0) is 13.6 Å². The molecule has 6 nitrogen and oxygen atoms in total. The average molecular weight is 245 g/mol. The number of nitrogen functional groups attached to an aromatic ring is 1. The van der Waals surface area contributed by atoms with Crippen LogP contribution in [0.1, 0.15) is 21.7 Å². The molecule has 0 fully saturated rings. The average Bonchev–Trinajstić information content (AvgIpc) is 2.75. The molecule has 94 valence electrons. The van der Waals surface area contributed by atoms with Crippen LogP contribution in [0.5, 0.6) is 0 Å². The van der Waals surface area contributed by atoms with Gasteiger partial charge >= 0.3 is 0 Å². The highest BCUT2D eigenvalue weighted by Gasteiger charge is 2.08. The molecule has 6 heteroatoms. The first-order valence-corrected chi connectivity index (χ1v) is 5.55. The molecule has 0 spiro atoms. The number of anilines is 1. The van der Waals surface area contributed by atoms with Gasteiger partial charge in [-0.1, -0.05) is 0 Å². The molecule has 2 rings (SSSR count). The molecule has 1 aromatic heterocycles. The fraction of sp³-hybridized carbons (Fsp3) is 0.250. The third kappa shape index (κ3) is 2.48. The third-order valence-corrected chi connectivity index (χ3v) is 2.74. The topological polar surface area (TPSA) is 85.8 Å². The van der Waals surface area contributed by atoms with E-state index in [4.69, 9.17) is 5.73 Å². The summed E-state index contributed by atoms with van der Waals surface area (Å²) < 4.78 is 1.76. The highest BCUT2D eigenvalue weighted by molar-refractivity contribution is 5.94. The Hall–Kier alpha value is -2.37. The lowest BCUT2D eigenvalue weighted by Crippen LogP contribution is -2.24. The molecule has 0 saturated carbocycles. The van der Waals surface area contributed by atoms with Gasteiger partial charge in [-0.2, -0.15) is 0 Å². The SMILES string of the molecule is Cc1cc(C(=O)NCc2nncn2C)ccc1N. The molecule has 0 atom stereocenters. The van der Waals surface area contributed by atoms with E-state index in [0.29, 0.717) is 23.6 Å². The van der Waals surface area contributed by atoms with Gasteiger partial charge in [-0.15, -0.1) is 10.2 Å². The first-order valence-electron chi connectivity index (χ1n) is 5.55. The van der Waals surface area contributed by atoms with E-state index in [-0.39, 0.29) is 5.91 Å². The molecular formula is C12H15N5O. The molecule has 0 aliphatic rings. The van der Waals surface area contributed by atoms with Crippen molar-refractivity contribution in [1.29, 1.82) is 0 Å². The summed E-state index contributed by atoms with van der Waals surface area (Å²) in [7, 11) is 1.83. The number of nitrogens with zero attached hydrogens (tertiary/aromatic N) is 3. The summed E-state index contributed by atoms with van der Waals surface area (Å²) in [5.74, 6) is 0.552. The fourth-order valence-corrected chi connectivity index (χ4v) is 1.55. The van der Waals surface area contributed by atoms with Gasteiger partial charge in [0.1, 0.15) is 6.33 Å². The lowest BCUT2D eigenvalue weighted by atomic mass is 10.1. The zero-order valence-corrected chi connectivity index (χ0v) is 10.3. The molecule has 1 aromatic carbocycles. The number of aryl methyl sites for hydroxylation is 2. The van der Waals surface area contributed by atoms with Crippen molar-refractivity contribution in [2.24, 2.45) is 7.05 Å². The molecule has 0 bridgehead atoms. The van der Waals surface area contributed by atoms with Gasteiger partial charge in [-0.3, -0.25) is 4.79 Å². The Morgan fingerprint density at radius 3 is 2.89 bits per heavy atom. The molecule has 0 aliphatic carbocycles. The van der Waals surface area contributed by atoms with E-state index < -0.39 is 0 Å². The minimum Gasteiger partial charge on any atom is -0.399 e. The minimum atomic E-state index is -0.152. The zero-order chi connectivity index (χ0) is 13.1. The van der Waals surface area contributed by atoms with Crippen LogP contribution in [0.15, 0.2) is 24.5 Å². The van der Waals surface area contributed by atoms with Crippen molar-refractivity contribution in [3.63, 3.8) is 0 Å². The van der Waals surface area contributed by atoms with Crippen molar-refractivity contribution in [2.45, 2.75) is 13.5 Å². The molecule has 0 saturated heterocycles. The minimum absolute atomic E-state index is 0.152. The van der Waals surface area contributed by atoms with Crippen LogP contribution in [0.4, 0.5) is 5.69 Å². The molecule has 1 amide bonds. The molecule has 2 aromatic rings. The number of carbonyl (C=O) groups is 1. The number of aromatic nitrogens is 3. The summed E-state index contributed by atoms with van der Waals surface area (Å²) in [5, 5.41) is 10.4. The van der Waals surface area contributed by atoms with Crippen molar-refractivity contribution in [1.82, 2.24) is 20.1 Å². The number of nitrogens with two attached hydrogens (primary N) is 1. The second kappa shape index (κ2) is 4.87. The van der Waals surface area contributed by atoms with Crippen LogP contribution in [-0.4, -0.2) is 20.7 Å². The highest BCUT2D eigenvalue weighted by atomic mass is 16.1. The van der Waals surface area contributed by atoms with E-state index in [1.165, 1.54) is 0 Å². The Kier molecular flexibility index (Phi) is 3.27. The normalized spacial score (nSPS) is 10.3. The Bertz CT molecular complexity index is 576. The van der Waals surface area contributed by atoms with E-state index in [2.05, 4.69) is 15.5 Å². The number of hydrogen-bond acceptors (Lipinski definition) is 4. The fourth-order valence-electron chi connectivity index (χ4n) is 1.55. The van der Waals surface area contributed by atoms with Crippen molar-refractivity contribution in [2.75, 3.05) is 5.73 Å². The maximum atomic E-state index is 11.9. The van der Waals surface area contributed by atoms with Gasteiger partial charge in [0.05, 0.1) is 6.54 Å². The molecular weight excluding hydrogens is 230 g/mol. The second-order valence-corrected chi connectivity index (χ2v) is 4.11. The van der Waals surface area contributed by atoms with Crippen LogP contribution in [0.3, 0.4) is 0 Å². The number of rotatable bonds is 3. The highest BCUT2D eigenvalue weighted by Crippen LogP contribution is 2.12. The smallest absolute Gasteiger partial charge is 0.251 e. The second-order valence-electron chi connectivity index (χ2n) is 4.11. The van der Waals surface area contributed by atoms with E-state index in [1.807, 2.05) is 14.0 Å². The number of hydrogen-bond donors (Lipinski definition) is 2. The molecule has 1 heterocycles. The van der Waals surface area contributed by atoms with Crippen LogP contribution in [0.2, 0.25) is 0 Å². The summed E-state index contributed by atoms with van der Waals surface area (Å²) in [6.07, 6.45) is 1.59. The molecule has 0 radical (unpaired) electrons. The predicted octanol–water partition coefficient (Wildman–Crippen LogP) is 0.636. The largest absolute Gasteiger partial charge is 0.399 e. The maximum Gasteiger partial charge on any atom is 0.251 e. The Morgan fingerprint density at radius 1 is 1.50 bits per heavy atom. The van der Waals surface area contributed by atoms with Crippen molar-refractivity contribution in [3.05, 3.63) is 41.5 Å². The number of nitrogens with one attached hydrogen (secondary N) is 1. The zero-order valence-electron chi connectivity index (χ0n) is 10.3. The summed E-state index contributed by atoms with van der Waals surface area (Å²) in [4.78, 5) is 11.9. The summed E-state index contributed by atoms with van der Waals surface area (Å²) in [6, 6.07) is 5.20. The van der Waals surface area contributed by atoms with Gasteiger partial charge in [-0.25, -0.2) is 0 Å². The van der Waals surface area contributed by atoms with Crippen LogP contribution in [0, 0.1) is 6.92 Å². The Morgan fingerprint density at radius 2 is 2.28 bits per heavy atom. The first-order chi connectivity index (χ1) is 8.58. The third-order valence-electron chi connectivity index (χ3n) is 2.74. The molecule has 0 aliphatic heterocycles.